The summed E-state index contributed by atoms with van der Waals surface area (Å²) in [5.74, 6) is 2.03. The van der Waals surface area contributed by atoms with E-state index >= 15 is 0 Å². The van der Waals surface area contributed by atoms with Crippen molar-refractivity contribution in [1.29, 1.82) is 0 Å². The van der Waals surface area contributed by atoms with Gasteiger partial charge in [-0.05, 0) is 19.3 Å². The second-order valence-corrected chi connectivity index (χ2v) is 5.20. The quantitative estimate of drug-likeness (QED) is 0.298. The summed E-state index contributed by atoms with van der Waals surface area (Å²) in [4.78, 5) is 4.51. The number of aromatic nitrogens is 1. The van der Waals surface area contributed by atoms with Gasteiger partial charge in [0, 0.05) is 19.2 Å². The molecule has 0 radical (unpaired) electrons. The maximum absolute atomic E-state index is 5.28. The van der Waals surface area contributed by atoms with E-state index < -0.39 is 0 Å². The highest BCUT2D eigenvalue weighted by Crippen LogP contribution is 2.14. The fourth-order valence-electron chi connectivity index (χ4n) is 1.76. The number of guanidine groups is 1. The van der Waals surface area contributed by atoms with Crippen LogP contribution in [-0.2, 0) is 6.54 Å². The molecular formula is C15H29IN4O. The lowest BCUT2D eigenvalue weighted by atomic mass is 10.1. The SMILES string of the molecule is CCCCCNC(=NCc1cc(C(C)C)no1)NCC.I. The van der Waals surface area contributed by atoms with E-state index in [1.165, 1.54) is 19.3 Å². The van der Waals surface area contributed by atoms with Crippen LogP contribution in [0.3, 0.4) is 0 Å². The van der Waals surface area contributed by atoms with Crippen LogP contribution in [-0.4, -0.2) is 24.2 Å². The molecule has 0 aliphatic heterocycles. The van der Waals surface area contributed by atoms with Crippen molar-refractivity contribution in [3.05, 3.63) is 17.5 Å². The van der Waals surface area contributed by atoms with Crippen LogP contribution in [0.5, 0.6) is 0 Å². The molecule has 1 aromatic rings. The van der Waals surface area contributed by atoms with Gasteiger partial charge in [-0.3, -0.25) is 0 Å². The van der Waals surface area contributed by atoms with Crippen molar-refractivity contribution in [1.82, 2.24) is 15.8 Å². The Kier molecular flexibility index (Phi) is 11.4. The Balaban J connectivity index is 0.00000400. The van der Waals surface area contributed by atoms with Crippen LogP contribution in [0, 0.1) is 0 Å². The molecule has 1 rings (SSSR count). The molecule has 5 nitrogen and oxygen atoms in total. The summed E-state index contributed by atoms with van der Waals surface area (Å²) in [5.41, 5.74) is 0.983. The second-order valence-electron chi connectivity index (χ2n) is 5.20. The fourth-order valence-corrected chi connectivity index (χ4v) is 1.76. The summed E-state index contributed by atoms with van der Waals surface area (Å²) >= 11 is 0. The van der Waals surface area contributed by atoms with Crippen molar-refractivity contribution >= 4 is 29.9 Å². The first-order valence-corrected chi connectivity index (χ1v) is 7.65. The van der Waals surface area contributed by atoms with Crippen molar-refractivity contribution in [3.63, 3.8) is 0 Å². The van der Waals surface area contributed by atoms with Gasteiger partial charge in [0.2, 0.25) is 0 Å². The molecule has 0 bridgehead atoms. The number of rotatable bonds is 8. The first-order chi connectivity index (χ1) is 9.67. The lowest BCUT2D eigenvalue weighted by Crippen LogP contribution is -2.37. The number of hydrogen-bond donors (Lipinski definition) is 2. The number of hydrogen-bond acceptors (Lipinski definition) is 3. The van der Waals surface area contributed by atoms with E-state index in [4.69, 9.17) is 4.52 Å². The standard InChI is InChI=1S/C15H28N4O.HI/c1-5-7-8-9-17-15(16-6-2)18-11-13-10-14(12(3)4)19-20-13;/h10,12H,5-9,11H2,1-4H3,(H2,16,17,18);1H. The molecule has 0 aliphatic carbocycles. The van der Waals surface area contributed by atoms with Crippen LogP contribution in [0.15, 0.2) is 15.6 Å². The Labute approximate surface area is 145 Å². The lowest BCUT2D eigenvalue weighted by Gasteiger charge is -2.10. The van der Waals surface area contributed by atoms with Crippen molar-refractivity contribution in [3.8, 4) is 0 Å². The average molecular weight is 408 g/mol. The molecule has 1 aromatic heterocycles. The maximum atomic E-state index is 5.28. The number of nitrogens with one attached hydrogen (secondary N) is 2. The van der Waals surface area contributed by atoms with Crippen molar-refractivity contribution < 1.29 is 4.52 Å². The summed E-state index contributed by atoms with van der Waals surface area (Å²) < 4.78 is 5.28. The molecule has 0 fully saturated rings. The Morgan fingerprint density at radius 3 is 2.62 bits per heavy atom. The van der Waals surface area contributed by atoms with Crippen molar-refractivity contribution in [2.75, 3.05) is 13.1 Å². The first kappa shape index (κ1) is 20.2. The molecule has 0 saturated heterocycles. The fraction of sp³-hybridized carbons (Fsp3) is 0.733. The molecule has 6 heteroatoms. The van der Waals surface area contributed by atoms with Crippen LogP contribution in [0.4, 0.5) is 0 Å². The van der Waals surface area contributed by atoms with Gasteiger partial charge in [-0.25, -0.2) is 4.99 Å². The van der Waals surface area contributed by atoms with Crippen molar-refractivity contribution in [2.24, 2.45) is 4.99 Å². The summed E-state index contributed by atoms with van der Waals surface area (Å²) in [6.45, 7) is 10.8. The van der Waals surface area contributed by atoms with Gasteiger partial charge in [-0.15, -0.1) is 24.0 Å². The van der Waals surface area contributed by atoms with Gasteiger partial charge >= 0.3 is 0 Å². The Morgan fingerprint density at radius 2 is 2.05 bits per heavy atom. The van der Waals surface area contributed by atoms with E-state index in [0.717, 1.165) is 30.5 Å². The Hall–Kier alpha value is -0.790. The van der Waals surface area contributed by atoms with Crippen LogP contribution in [0.2, 0.25) is 0 Å². The molecule has 0 spiro atoms. The highest BCUT2D eigenvalue weighted by Gasteiger charge is 2.07. The predicted octanol–water partition coefficient (Wildman–Crippen LogP) is 3.66. The molecule has 0 aliphatic rings. The van der Waals surface area contributed by atoms with Gasteiger partial charge in [-0.1, -0.05) is 38.8 Å². The predicted molar refractivity (Wildman–Crippen MR) is 98.4 cm³/mol. The van der Waals surface area contributed by atoms with Crippen molar-refractivity contribution in [2.45, 2.75) is 59.4 Å². The number of nitrogens with zero attached hydrogens (tertiary/aromatic N) is 2. The molecule has 2 N–H and O–H groups in total. The van der Waals surface area contributed by atoms with Gasteiger partial charge in [0.05, 0.1) is 5.69 Å². The highest BCUT2D eigenvalue weighted by molar-refractivity contribution is 14.0. The van der Waals surface area contributed by atoms with Crippen LogP contribution in [0.25, 0.3) is 0 Å². The molecule has 0 amide bonds. The molecule has 0 aromatic carbocycles. The molecule has 0 atom stereocenters. The minimum Gasteiger partial charge on any atom is -0.359 e. The molecule has 0 saturated carbocycles. The number of aliphatic imine (C=N–C) groups is 1. The minimum absolute atomic E-state index is 0. The topological polar surface area (TPSA) is 62.5 Å². The van der Waals surface area contributed by atoms with E-state index in [9.17, 15) is 0 Å². The number of halogens is 1. The Bertz CT molecular complexity index is 404. The summed E-state index contributed by atoms with van der Waals surface area (Å²) in [7, 11) is 0. The Morgan fingerprint density at radius 1 is 1.29 bits per heavy atom. The number of unbranched alkanes of at least 4 members (excludes halogenated alkanes) is 2. The average Bonchev–Trinajstić information content (AvgIpc) is 2.90. The smallest absolute Gasteiger partial charge is 0.191 e. The third-order valence-electron chi connectivity index (χ3n) is 2.98. The highest BCUT2D eigenvalue weighted by atomic mass is 127. The minimum atomic E-state index is 0. The van der Waals surface area contributed by atoms with Gasteiger partial charge in [-0.2, -0.15) is 0 Å². The zero-order chi connectivity index (χ0) is 14.8. The zero-order valence-electron chi connectivity index (χ0n) is 13.6. The zero-order valence-corrected chi connectivity index (χ0v) is 15.9. The van der Waals surface area contributed by atoms with Gasteiger partial charge < -0.3 is 15.2 Å². The largest absolute Gasteiger partial charge is 0.359 e. The molecule has 0 unspecified atom stereocenters. The van der Waals surface area contributed by atoms with Crippen LogP contribution in [0.1, 0.15) is 64.3 Å². The third kappa shape index (κ3) is 8.28. The van der Waals surface area contributed by atoms with E-state index in [0.29, 0.717) is 12.5 Å². The van der Waals surface area contributed by atoms with Gasteiger partial charge in [0.1, 0.15) is 6.54 Å². The summed E-state index contributed by atoms with van der Waals surface area (Å²) in [6, 6.07) is 1.98. The van der Waals surface area contributed by atoms with Crippen LogP contribution >= 0.6 is 24.0 Å². The monoisotopic (exact) mass is 408 g/mol. The lowest BCUT2D eigenvalue weighted by molar-refractivity contribution is 0.376. The molecule has 122 valence electrons. The van der Waals surface area contributed by atoms with E-state index in [1.54, 1.807) is 0 Å². The second kappa shape index (κ2) is 11.8. The molecule has 1 heterocycles. The third-order valence-corrected chi connectivity index (χ3v) is 2.98. The normalized spacial score (nSPS) is 11.4. The first-order valence-electron chi connectivity index (χ1n) is 7.65. The van der Waals surface area contributed by atoms with E-state index in [2.05, 4.69) is 48.5 Å². The summed E-state index contributed by atoms with van der Waals surface area (Å²) in [5, 5.41) is 10.6. The van der Waals surface area contributed by atoms with E-state index in [-0.39, 0.29) is 24.0 Å². The maximum Gasteiger partial charge on any atom is 0.191 e. The molecular weight excluding hydrogens is 379 g/mol. The van der Waals surface area contributed by atoms with Gasteiger partial charge in [0.15, 0.2) is 11.7 Å². The summed E-state index contributed by atoms with van der Waals surface area (Å²) in [6.07, 6.45) is 3.64. The van der Waals surface area contributed by atoms with Gasteiger partial charge in [0.25, 0.3) is 0 Å². The molecule has 21 heavy (non-hydrogen) atoms. The van der Waals surface area contributed by atoms with Crippen LogP contribution < -0.4 is 10.6 Å². The van der Waals surface area contributed by atoms with E-state index in [1.807, 2.05) is 6.07 Å².